The number of carboxylic acids is 1. The van der Waals surface area contributed by atoms with Crippen molar-refractivity contribution in [1.29, 1.82) is 5.41 Å². The predicted molar refractivity (Wildman–Crippen MR) is 124 cm³/mol. The van der Waals surface area contributed by atoms with Crippen LogP contribution in [0.15, 0.2) is 26.1 Å². The number of H-pyrrole nitrogens is 1. The molecule has 2 atom stereocenters. The van der Waals surface area contributed by atoms with Crippen molar-refractivity contribution in [1.82, 2.24) is 25.4 Å². The Morgan fingerprint density at radius 3 is 2.91 bits per heavy atom. The molecule has 2 aliphatic rings. The maximum Gasteiger partial charge on any atom is 0.352 e. The number of carbonyl (C=O) groups is 3. The molecule has 0 spiro atoms. The van der Waals surface area contributed by atoms with Gasteiger partial charge in [-0.25, -0.2) is 4.79 Å². The minimum absolute atomic E-state index is 0.0581. The van der Waals surface area contributed by atoms with Crippen LogP contribution in [-0.2, 0) is 25.7 Å². The van der Waals surface area contributed by atoms with Crippen molar-refractivity contribution in [3.05, 3.63) is 32.2 Å². The standard InChI is InChI=1S/C17H17N7O6S4/c1-30-2-8-21-22-17(34-8)33-4-6-3-31-14-10(13(26)24(14)11(6)15(27)28)20-12(25)9(23-29)7-5-32-16(18)19-7/h5,10,14,29H,2-4H2,1H3,(H2,18,19)(H,20,25)(H,27,28)/t10?,14-/m0/s1. The molecule has 0 bridgehead atoms. The van der Waals surface area contributed by atoms with E-state index in [1.165, 1.54) is 45.1 Å². The summed E-state index contributed by atoms with van der Waals surface area (Å²) in [5.41, 5.74) is 0.215. The Labute approximate surface area is 207 Å². The van der Waals surface area contributed by atoms with Gasteiger partial charge in [-0.2, -0.15) is 0 Å². The number of aromatic amines is 1. The summed E-state index contributed by atoms with van der Waals surface area (Å²) in [6.45, 7) is 0.339. The van der Waals surface area contributed by atoms with Gasteiger partial charge in [0.1, 0.15) is 22.1 Å². The van der Waals surface area contributed by atoms with Gasteiger partial charge in [0.25, 0.3) is 11.8 Å². The molecule has 1 unspecified atom stereocenters. The van der Waals surface area contributed by atoms with E-state index in [0.717, 1.165) is 11.3 Å². The molecular weight excluding hydrogens is 526 g/mol. The predicted octanol–water partition coefficient (Wildman–Crippen LogP) is 0.263. The number of ether oxygens (including phenoxy) is 1. The Morgan fingerprint density at radius 1 is 1.47 bits per heavy atom. The van der Waals surface area contributed by atoms with Crippen molar-refractivity contribution in [3.8, 4) is 0 Å². The third-order valence-electron chi connectivity index (χ3n) is 4.74. The van der Waals surface area contributed by atoms with Gasteiger partial charge in [0, 0.05) is 24.0 Å². The van der Waals surface area contributed by atoms with E-state index in [4.69, 9.17) is 10.1 Å². The number of aromatic nitrogens is 3. The molecule has 1 saturated heterocycles. The molecule has 5 N–H and O–H groups in total. The van der Waals surface area contributed by atoms with Crippen LogP contribution >= 0.6 is 46.2 Å². The Hall–Kier alpha value is -2.73. The number of methoxy groups -OCH3 is 1. The zero-order valence-electron chi connectivity index (χ0n) is 17.3. The van der Waals surface area contributed by atoms with E-state index < -0.39 is 29.2 Å². The van der Waals surface area contributed by atoms with Gasteiger partial charge in [-0.15, -0.1) is 33.3 Å². The van der Waals surface area contributed by atoms with Crippen molar-refractivity contribution in [3.63, 3.8) is 0 Å². The highest BCUT2D eigenvalue weighted by Gasteiger charge is 2.54. The number of oxime groups is 1. The summed E-state index contributed by atoms with van der Waals surface area (Å²) >= 11 is 5.01. The summed E-state index contributed by atoms with van der Waals surface area (Å²) < 4.78 is 5.68. The largest absolute Gasteiger partial charge is 0.477 e. The number of carboxylic acid groups (broad SMARTS) is 1. The average Bonchev–Trinajstić information content (AvgIpc) is 3.44. The van der Waals surface area contributed by atoms with E-state index in [-0.39, 0.29) is 21.9 Å². The fourth-order valence-corrected chi connectivity index (χ4v) is 7.19. The third kappa shape index (κ3) is 4.74. The van der Waals surface area contributed by atoms with Crippen LogP contribution in [0.1, 0.15) is 10.7 Å². The lowest BCUT2D eigenvalue weighted by Gasteiger charge is -2.49. The number of hydrogen-bond donors (Lipinski definition) is 5. The van der Waals surface area contributed by atoms with E-state index >= 15 is 0 Å². The molecule has 13 nitrogen and oxygen atoms in total. The van der Waals surface area contributed by atoms with Gasteiger partial charge in [-0.05, 0) is 5.57 Å². The average molecular weight is 544 g/mol. The summed E-state index contributed by atoms with van der Waals surface area (Å²) in [6.07, 6.45) is 0. The zero-order chi connectivity index (χ0) is 24.4. The van der Waals surface area contributed by atoms with E-state index in [0.29, 0.717) is 33.0 Å². The molecule has 1 fully saturated rings. The summed E-state index contributed by atoms with van der Waals surface area (Å²) in [6, 6.07) is -0.980. The minimum atomic E-state index is -1.23. The van der Waals surface area contributed by atoms with E-state index in [1.54, 1.807) is 7.11 Å². The summed E-state index contributed by atoms with van der Waals surface area (Å²) in [5, 5.41) is 41.6. The first-order chi connectivity index (χ1) is 16.3. The monoisotopic (exact) mass is 543 g/mol. The fraction of sp³-hybridized carbons (Fsp3) is 0.353. The van der Waals surface area contributed by atoms with Crippen LogP contribution in [0.4, 0.5) is 0 Å². The molecule has 34 heavy (non-hydrogen) atoms. The minimum Gasteiger partial charge on any atom is -0.477 e. The maximum atomic E-state index is 12.8. The van der Waals surface area contributed by atoms with Gasteiger partial charge >= 0.3 is 5.97 Å². The molecule has 4 heterocycles. The van der Waals surface area contributed by atoms with E-state index in [2.05, 4.69) is 25.7 Å². The van der Waals surface area contributed by atoms with Gasteiger partial charge < -0.3 is 25.4 Å². The van der Waals surface area contributed by atoms with Gasteiger partial charge in [0.15, 0.2) is 14.9 Å². The number of carbonyl (C=O) groups excluding carboxylic acids is 2. The molecule has 180 valence electrons. The lowest BCUT2D eigenvalue weighted by Crippen LogP contribution is -2.71. The SMILES string of the molecule is COCc1nnc(SCC2=C(C(=O)O)N3C(=O)C(NC(=O)C(=NO)c4csc(=N)[nH]4)[C@@H]3SC2)s1. The molecule has 2 aromatic heterocycles. The number of aliphatic carboxylic acids is 1. The van der Waals surface area contributed by atoms with Gasteiger partial charge in [-0.1, -0.05) is 28.3 Å². The summed E-state index contributed by atoms with van der Waals surface area (Å²) in [5.74, 6) is -1.96. The van der Waals surface area contributed by atoms with Gasteiger partial charge in [-0.3, -0.25) is 19.9 Å². The van der Waals surface area contributed by atoms with Crippen molar-refractivity contribution < 1.29 is 29.4 Å². The highest BCUT2D eigenvalue weighted by molar-refractivity contribution is 8.01. The molecule has 0 saturated carbocycles. The Balaban J connectivity index is 1.46. The fourth-order valence-electron chi connectivity index (χ4n) is 3.27. The molecule has 0 aromatic carbocycles. The van der Waals surface area contributed by atoms with Crippen molar-refractivity contribution in [2.75, 3.05) is 18.6 Å². The lowest BCUT2D eigenvalue weighted by molar-refractivity contribution is -0.150. The first-order valence-electron chi connectivity index (χ1n) is 9.43. The Kier molecular flexibility index (Phi) is 7.36. The zero-order valence-corrected chi connectivity index (χ0v) is 20.6. The van der Waals surface area contributed by atoms with Gasteiger partial charge in [0.2, 0.25) is 0 Å². The number of rotatable bonds is 9. The molecule has 2 amide bonds. The van der Waals surface area contributed by atoms with Crippen molar-refractivity contribution >= 4 is 69.7 Å². The molecule has 2 aliphatic heterocycles. The number of hydrogen-bond acceptors (Lipinski definition) is 13. The van der Waals surface area contributed by atoms with Crippen LogP contribution in [0.5, 0.6) is 0 Å². The Bertz CT molecular complexity index is 1250. The normalized spacial score (nSPS) is 20.2. The second-order valence-electron chi connectivity index (χ2n) is 6.85. The summed E-state index contributed by atoms with van der Waals surface area (Å²) in [4.78, 5) is 41.2. The number of thioether (sulfide) groups is 2. The van der Waals surface area contributed by atoms with Crippen LogP contribution < -0.4 is 10.1 Å². The highest BCUT2D eigenvalue weighted by Crippen LogP contribution is 2.41. The third-order valence-corrected chi connectivity index (χ3v) is 8.88. The number of β-lactam (4-membered cyclic amide) rings is 1. The molecule has 4 rings (SSSR count). The number of nitrogens with one attached hydrogen (secondary N) is 3. The number of amides is 2. The second-order valence-corrected chi connectivity index (χ2v) is 11.1. The maximum absolute atomic E-state index is 12.8. The molecule has 17 heteroatoms. The van der Waals surface area contributed by atoms with Crippen molar-refractivity contribution in [2.45, 2.75) is 22.4 Å². The van der Waals surface area contributed by atoms with E-state index in [9.17, 15) is 24.7 Å². The number of fused-ring (bicyclic) bond motifs is 1. The number of thiazole rings is 1. The molecule has 0 radical (unpaired) electrons. The quantitative estimate of drug-likeness (QED) is 0.0963. The first-order valence-corrected chi connectivity index (χ1v) is 13.2. The van der Waals surface area contributed by atoms with Crippen LogP contribution in [0, 0.1) is 5.41 Å². The number of nitrogens with zero attached hydrogens (tertiary/aromatic N) is 4. The smallest absolute Gasteiger partial charge is 0.352 e. The highest BCUT2D eigenvalue weighted by atomic mass is 32.2. The molecular formula is C17H17N7O6S4. The van der Waals surface area contributed by atoms with Gasteiger partial charge in [0.05, 0.1) is 12.3 Å². The van der Waals surface area contributed by atoms with Crippen LogP contribution in [0.25, 0.3) is 0 Å². The van der Waals surface area contributed by atoms with Crippen LogP contribution in [0.2, 0.25) is 0 Å². The molecule has 2 aromatic rings. The summed E-state index contributed by atoms with van der Waals surface area (Å²) in [7, 11) is 1.55. The second kappa shape index (κ2) is 10.3. The first kappa shape index (κ1) is 24.4. The van der Waals surface area contributed by atoms with Crippen molar-refractivity contribution in [2.24, 2.45) is 5.16 Å². The lowest BCUT2D eigenvalue weighted by atomic mass is 10.0. The topological polar surface area (TPSA) is 194 Å². The van der Waals surface area contributed by atoms with Crippen LogP contribution in [-0.4, -0.2) is 83.9 Å². The Morgan fingerprint density at radius 2 is 2.26 bits per heavy atom. The van der Waals surface area contributed by atoms with E-state index in [1.807, 2.05) is 0 Å². The molecule has 0 aliphatic carbocycles. The van der Waals surface area contributed by atoms with Crippen LogP contribution in [0.3, 0.4) is 0 Å².